The normalized spacial score (nSPS) is 10.7. The van der Waals surface area contributed by atoms with Crippen molar-refractivity contribution < 1.29 is 0 Å². The molecule has 4 nitrogen and oxygen atoms in total. The summed E-state index contributed by atoms with van der Waals surface area (Å²) in [5, 5.41) is 4.41. The van der Waals surface area contributed by atoms with Crippen molar-refractivity contribution in [3.05, 3.63) is 22.0 Å². The summed E-state index contributed by atoms with van der Waals surface area (Å²) in [6.45, 7) is 0. The Labute approximate surface area is 89.7 Å². The van der Waals surface area contributed by atoms with Crippen molar-refractivity contribution in [2.45, 2.75) is 0 Å². The molecule has 0 saturated carbocycles. The molecule has 0 fully saturated rings. The Bertz CT molecular complexity index is 435. The van der Waals surface area contributed by atoms with Gasteiger partial charge >= 0.3 is 0 Å². The lowest BCUT2D eigenvalue weighted by Gasteiger charge is -2.10. The van der Waals surface area contributed by atoms with Gasteiger partial charge in [-0.2, -0.15) is 0 Å². The maximum atomic E-state index is 4.41. The van der Waals surface area contributed by atoms with Crippen LogP contribution in [0.25, 0.3) is 5.65 Å². The smallest absolute Gasteiger partial charge is 0.154 e. The van der Waals surface area contributed by atoms with Crippen LogP contribution in [0.1, 0.15) is 0 Å². The number of fused-ring (bicyclic) bond motifs is 1. The molecule has 0 amide bonds. The minimum atomic E-state index is 0.884. The predicted molar refractivity (Wildman–Crippen MR) is 60.0 cm³/mol. The standard InChI is InChI=1S/C8H9IN4/c1-12(2)8-4-3-7-10-5-6(9)13(7)11-8/h3-5H,1-2H3. The minimum absolute atomic E-state index is 0.884. The molecule has 0 aliphatic carbocycles. The largest absolute Gasteiger partial charge is 0.361 e. The molecule has 2 aromatic rings. The van der Waals surface area contributed by atoms with Gasteiger partial charge in [-0.1, -0.05) is 0 Å². The molecule has 68 valence electrons. The van der Waals surface area contributed by atoms with Crippen LogP contribution in [0.3, 0.4) is 0 Å². The molecule has 0 aliphatic rings. The van der Waals surface area contributed by atoms with E-state index in [1.165, 1.54) is 0 Å². The zero-order valence-corrected chi connectivity index (χ0v) is 9.56. The first-order valence-corrected chi connectivity index (χ1v) is 4.94. The van der Waals surface area contributed by atoms with Crippen LogP contribution in [0, 0.1) is 3.70 Å². The number of anilines is 1. The van der Waals surface area contributed by atoms with Crippen molar-refractivity contribution >= 4 is 34.1 Å². The van der Waals surface area contributed by atoms with Gasteiger partial charge in [0.1, 0.15) is 9.52 Å². The first-order chi connectivity index (χ1) is 6.18. The molecule has 0 radical (unpaired) electrons. The molecule has 13 heavy (non-hydrogen) atoms. The summed E-state index contributed by atoms with van der Waals surface area (Å²) >= 11 is 2.21. The van der Waals surface area contributed by atoms with Crippen molar-refractivity contribution in [1.82, 2.24) is 14.6 Å². The topological polar surface area (TPSA) is 33.4 Å². The van der Waals surface area contributed by atoms with Crippen molar-refractivity contribution in [3.8, 4) is 0 Å². The van der Waals surface area contributed by atoms with E-state index >= 15 is 0 Å². The Morgan fingerprint density at radius 2 is 2.15 bits per heavy atom. The van der Waals surface area contributed by atoms with Crippen molar-refractivity contribution in [3.63, 3.8) is 0 Å². The van der Waals surface area contributed by atoms with Gasteiger partial charge in [0.2, 0.25) is 0 Å². The third kappa shape index (κ3) is 1.48. The predicted octanol–water partition coefficient (Wildman–Crippen LogP) is 1.40. The van der Waals surface area contributed by atoms with Gasteiger partial charge in [0.25, 0.3) is 0 Å². The fourth-order valence-corrected chi connectivity index (χ4v) is 1.57. The van der Waals surface area contributed by atoms with Crippen LogP contribution in [-0.4, -0.2) is 28.7 Å². The van der Waals surface area contributed by atoms with Crippen molar-refractivity contribution in [2.75, 3.05) is 19.0 Å². The molecule has 5 heteroatoms. The van der Waals surface area contributed by atoms with E-state index in [4.69, 9.17) is 0 Å². The molecular weight excluding hydrogens is 279 g/mol. The Hall–Kier alpha value is -0.850. The zero-order chi connectivity index (χ0) is 9.42. The molecular formula is C8H9IN4. The number of rotatable bonds is 1. The zero-order valence-electron chi connectivity index (χ0n) is 7.40. The Morgan fingerprint density at radius 1 is 1.38 bits per heavy atom. The summed E-state index contributed by atoms with van der Waals surface area (Å²) in [7, 11) is 3.94. The molecule has 0 N–H and O–H groups in total. The highest BCUT2D eigenvalue weighted by Gasteiger charge is 2.03. The minimum Gasteiger partial charge on any atom is -0.361 e. The Kier molecular flexibility index (Phi) is 2.10. The van der Waals surface area contributed by atoms with Gasteiger partial charge < -0.3 is 4.90 Å². The van der Waals surface area contributed by atoms with E-state index in [-0.39, 0.29) is 0 Å². The molecule has 2 aromatic heterocycles. The fraction of sp³-hybridized carbons (Fsp3) is 0.250. The van der Waals surface area contributed by atoms with Gasteiger partial charge in [-0.05, 0) is 34.7 Å². The summed E-state index contributed by atoms with van der Waals surface area (Å²) in [5.74, 6) is 0.934. The summed E-state index contributed by atoms with van der Waals surface area (Å²) < 4.78 is 2.85. The lowest BCUT2D eigenvalue weighted by Crippen LogP contribution is -2.12. The Balaban J connectivity index is 2.66. The molecule has 2 heterocycles. The number of halogens is 1. The summed E-state index contributed by atoms with van der Waals surface area (Å²) in [6, 6.07) is 3.92. The van der Waals surface area contributed by atoms with E-state index in [2.05, 4.69) is 32.7 Å². The van der Waals surface area contributed by atoms with E-state index < -0.39 is 0 Å². The first-order valence-electron chi connectivity index (χ1n) is 3.86. The van der Waals surface area contributed by atoms with Gasteiger partial charge in [-0.25, -0.2) is 9.50 Å². The van der Waals surface area contributed by atoms with Crippen LogP contribution in [0.5, 0.6) is 0 Å². The number of aromatic nitrogens is 3. The van der Waals surface area contributed by atoms with E-state index in [0.717, 1.165) is 15.2 Å². The van der Waals surface area contributed by atoms with E-state index in [1.807, 2.05) is 41.8 Å². The van der Waals surface area contributed by atoms with Crippen molar-refractivity contribution in [1.29, 1.82) is 0 Å². The van der Waals surface area contributed by atoms with Gasteiger partial charge in [-0.3, -0.25) is 0 Å². The average molecular weight is 288 g/mol. The van der Waals surface area contributed by atoms with Gasteiger partial charge in [0.15, 0.2) is 5.65 Å². The molecule has 2 rings (SSSR count). The van der Waals surface area contributed by atoms with Gasteiger partial charge in [0, 0.05) is 14.1 Å². The SMILES string of the molecule is CN(C)c1ccc2ncc(I)n2n1. The van der Waals surface area contributed by atoms with Crippen LogP contribution < -0.4 is 4.90 Å². The lowest BCUT2D eigenvalue weighted by molar-refractivity contribution is 0.884. The van der Waals surface area contributed by atoms with Gasteiger partial charge in [0.05, 0.1) is 6.20 Å². The summed E-state index contributed by atoms with van der Waals surface area (Å²) in [4.78, 5) is 6.16. The molecule has 0 atom stereocenters. The number of hydrogen-bond acceptors (Lipinski definition) is 3. The molecule has 0 spiro atoms. The third-order valence-electron chi connectivity index (χ3n) is 1.76. The highest BCUT2D eigenvalue weighted by molar-refractivity contribution is 14.1. The number of imidazole rings is 1. The molecule has 0 aromatic carbocycles. The van der Waals surface area contributed by atoms with Gasteiger partial charge in [-0.15, -0.1) is 5.10 Å². The molecule has 0 saturated heterocycles. The maximum absolute atomic E-state index is 4.41. The van der Waals surface area contributed by atoms with Crippen LogP contribution in [0.2, 0.25) is 0 Å². The second-order valence-electron chi connectivity index (χ2n) is 2.94. The van der Waals surface area contributed by atoms with E-state index in [1.54, 1.807) is 0 Å². The van der Waals surface area contributed by atoms with E-state index in [0.29, 0.717) is 0 Å². The van der Waals surface area contributed by atoms with Crippen LogP contribution in [-0.2, 0) is 0 Å². The highest BCUT2D eigenvalue weighted by Crippen LogP contribution is 2.11. The second-order valence-corrected chi connectivity index (χ2v) is 4.04. The molecule has 0 bridgehead atoms. The van der Waals surface area contributed by atoms with Crippen molar-refractivity contribution in [2.24, 2.45) is 0 Å². The third-order valence-corrected chi connectivity index (χ3v) is 2.50. The fourth-order valence-electron chi connectivity index (χ4n) is 1.07. The van der Waals surface area contributed by atoms with Crippen LogP contribution in [0.4, 0.5) is 5.82 Å². The molecule has 0 aliphatic heterocycles. The average Bonchev–Trinajstić information content (AvgIpc) is 2.47. The highest BCUT2D eigenvalue weighted by atomic mass is 127. The first kappa shape index (κ1) is 8.74. The lowest BCUT2D eigenvalue weighted by atomic mass is 10.5. The monoisotopic (exact) mass is 288 g/mol. The maximum Gasteiger partial charge on any atom is 0.154 e. The number of nitrogens with zero attached hydrogens (tertiary/aromatic N) is 4. The van der Waals surface area contributed by atoms with Crippen LogP contribution >= 0.6 is 22.6 Å². The quantitative estimate of drug-likeness (QED) is 0.744. The summed E-state index contributed by atoms with van der Waals surface area (Å²) in [5.41, 5.74) is 0.884. The number of hydrogen-bond donors (Lipinski definition) is 0. The second kappa shape index (κ2) is 3.13. The Morgan fingerprint density at radius 3 is 2.85 bits per heavy atom. The summed E-state index contributed by atoms with van der Waals surface area (Å²) in [6.07, 6.45) is 1.81. The molecule has 0 unspecified atom stereocenters. The van der Waals surface area contributed by atoms with E-state index in [9.17, 15) is 0 Å². The van der Waals surface area contributed by atoms with Crippen LogP contribution in [0.15, 0.2) is 18.3 Å².